The number of carbonyl (C=O) groups excluding carboxylic acids is 1. The van der Waals surface area contributed by atoms with Gasteiger partial charge in [-0.05, 0) is 45.7 Å². The van der Waals surface area contributed by atoms with Gasteiger partial charge in [0.2, 0.25) is 5.91 Å². The number of nitrogens with two attached hydrogens (primary N) is 1. The molecule has 1 unspecified atom stereocenters. The van der Waals surface area contributed by atoms with Crippen molar-refractivity contribution in [2.45, 2.75) is 45.2 Å². The van der Waals surface area contributed by atoms with E-state index in [1.165, 1.54) is 0 Å². The predicted molar refractivity (Wildman–Crippen MR) is 88.6 cm³/mol. The molecule has 22 heavy (non-hydrogen) atoms. The maximum absolute atomic E-state index is 12.7. The molecule has 0 spiro atoms. The van der Waals surface area contributed by atoms with E-state index in [4.69, 9.17) is 5.73 Å². The normalized spacial score (nSPS) is 24.1. The van der Waals surface area contributed by atoms with Crippen LogP contribution in [0.4, 0.5) is 0 Å². The summed E-state index contributed by atoms with van der Waals surface area (Å²) in [6.45, 7) is 6.46. The zero-order chi connectivity index (χ0) is 15.5. The van der Waals surface area contributed by atoms with Crippen molar-refractivity contribution in [2.24, 2.45) is 11.7 Å². The van der Waals surface area contributed by atoms with Crippen LogP contribution in [0, 0.1) is 12.8 Å². The fourth-order valence-electron chi connectivity index (χ4n) is 3.65. The third kappa shape index (κ3) is 3.50. The summed E-state index contributed by atoms with van der Waals surface area (Å²) in [5, 5.41) is 3.27. The van der Waals surface area contributed by atoms with Crippen molar-refractivity contribution in [1.29, 1.82) is 0 Å². The number of hydrogen-bond donors (Lipinski definition) is 1. The van der Waals surface area contributed by atoms with Crippen molar-refractivity contribution in [3.63, 3.8) is 0 Å². The van der Waals surface area contributed by atoms with Gasteiger partial charge in [0.05, 0.1) is 10.7 Å². The lowest BCUT2D eigenvalue weighted by Gasteiger charge is -2.34. The molecule has 2 N–H and O–H groups in total. The zero-order valence-corrected chi connectivity index (χ0v) is 14.1. The number of amides is 1. The Labute approximate surface area is 136 Å². The molecule has 0 radical (unpaired) electrons. The molecule has 1 aromatic rings. The fraction of sp³-hybridized carbons (Fsp3) is 0.750. The average molecular weight is 322 g/mol. The number of carbonyl (C=O) groups is 1. The van der Waals surface area contributed by atoms with Gasteiger partial charge in [0.25, 0.3) is 0 Å². The molecule has 1 atom stereocenters. The van der Waals surface area contributed by atoms with Gasteiger partial charge in [0, 0.05) is 37.0 Å². The molecular formula is C16H26N4OS. The molecule has 5 nitrogen and oxygen atoms in total. The highest BCUT2D eigenvalue weighted by molar-refractivity contribution is 7.09. The lowest BCUT2D eigenvalue weighted by atomic mass is 9.95. The lowest BCUT2D eigenvalue weighted by Crippen LogP contribution is -2.46. The number of rotatable bonds is 4. The van der Waals surface area contributed by atoms with Gasteiger partial charge in [-0.3, -0.25) is 9.69 Å². The van der Waals surface area contributed by atoms with Crippen LogP contribution in [0.15, 0.2) is 5.38 Å². The van der Waals surface area contributed by atoms with Crippen LogP contribution >= 0.6 is 11.3 Å². The number of likely N-dealkylation sites (tertiary alicyclic amines) is 2. The zero-order valence-electron chi connectivity index (χ0n) is 13.3. The minimum Gasteiger partial charge on any atom is -0.338 e. The van der Waals surface area contributed by atoms with Crippen LogP contribution in [0.3, 0.4) is 0 Å². The van der Waals surface area contributed by atoms with Gasteiger partial charge in [0.1, 0.15) is 0 Å². The van der Waals surface area contributed by atoms with E-state index in [-0.39, 0.29) is 12.0 Å². The molecule has 122 valence electrons. The highest BCUT2D eigenvalue weighted by atomic mass is 32.1. The summed E-state index contributed by atoms with van der Waals surface area (Å²) in [7, 11) is 0. The first-order valence-corrected chi connectivity index (χ1v) is 9.19. The minimum atomic E-state index is 0.195. The van der Waals surface area contributed by atoms with Gasteiger partial charge >= 0.3 is 0 Å². The van der Waals surface area contributed by atoms with E-state index in [0.29, 0.717) is 12.5 Å². The molecule has 3 rings (SSSR count). The number of aryl methyl sites for hydroxylation is 1. The van der Waals surface area contributed by atoms with Crippen molar-refractivity contribution in [2.75, 3.05) is 26.2 Å². The van der Waals surface area contributed by atoms with Crippen molar-refractivity contribution < 1.29 is 4.79 Å². The predicted octanol–water partition coefficient (Wildman–Crippen LogP) is 1.61. The third-order valence-corrected chi connectivity index (χ3v) is 5.74. The Morgan fingerprint density at radius 2 is 2.14 bits per heavy atom. The van der Waals surface area contributed by atoms with Crippen molar-refractivity contribution in [3.05, 3.63) is 16.1 Å². The molecule has 0 bridgehead atoms. The highest BCUT2D eigenvalue weighted by Crippen LogP contribution is 2.25. The number of hydrogen-bond acceptors (Lipinski definition) is 5. The molecule has 6 heteroatoms. The third-order valence-electron chi connectivity index (χ3n) is 4.92. The first kappa shape index (κ1) is 15.9. The Hall–Kier alpha value is -0.980. The largest absolute Gasteiger partial charge is 0.338 e. The van der Waals surface area contributed by atoms with E-state index < -0.39 is 0 Å². The SMILES string of the molecule is Cc1nc(CN2CCC(C(=O)N3CCCC3CN)CC2)cs1. The standard InChI is InChI=1S/C16H26N4OS/c1-12-18-14(11-22-12)10-19-7-4-13(5-8-19)16(21)20-6-2-3-15(20)9-17/h11,13,15H,2-10,17H2,1H3. The summed E-state index contributed by atoms with van der Waals surface area (Å²) >= 11 is 1.71. The molecule has 2 saturated heterocycles. The molecule has 2 fully saturated rings. The monoisotopic (exact) mass is 322 g/mol. The van der Waals surface area contributed by atoms with Gasteiger partial charge in [-0.2, -0.15) is 0 Å². The molecule has 0 aromatic carbocycles. The first-order chi connectivity index (χ1) is 10.7. The second kappa shape index (κ2) is 7.06. The van der Waals surface area contributed by atoms with E-state index in [9.17, 15) is 4.79 Å². The number of nitrogens with zero attached hydrogens (tertiary/aromatic N) is 3. The van der Waals surface area contributed by atoms with Crippen molar-refractivity contribution >= 4 is 17.2 Å². The molecule has 1 amide bonds. The average Bonchev–Trinajstić information content (AvgIpc) is 3.16. The second-order valence-electron chi connectivity index (χ2n) is 6.47. The van der Waals surface area contributed by atoms with Gasteiger partial charge in [-0.25, -0.2) is 4.98 Å². The maximum Gasteiger partial charge on any atom is 0.226 e. The molecule has 1 aromatic heterocycles. The van der Waals surface area contributed by atoms with Gasteiger partial charge < -0.3 is 10.6 Å². The molecule has 0 saturated carbocycles. The van der Waals surface area contributed by atoms with Crippen molar-refractivity contribution in [3.8, 4) is 0 Å². The summed E-state index contributed by atoms with van der Waals surface area (Å²) in [6.07, 6.45) is 4.12. The topological polar surface area (TPSA) is 62.5 Å². The summed E-state index contributed by atoms with van der Waals surface area (Å²) < 4.78 is 0. The van der Waals surface area contributed by atoms with E-state index in [2.05, 4.69) is 15.3 Å². The van der Waals surface area contributed by atoms with E-state index >= 15 is 0 Å². The summed E-state index contributed by atoms with van der Waals surface area (Å²) in [6, 6.07) is 0.281. The molecule has 2 aliphatic rings. The summed E-state index contributed by atoms with van der Waals surface area (Å²) in [5.74, 6) is 0.540. The number of aromatic nitrogens is 1. The van der Waals surface area contributed by atoms with Crippen LogP contribution in [0.5, 0.6) is 0 Å². The quantitative estimate of drug-likeness (QED) is 0.915. The molecule has 2 aliphatic heterocycles. The molecular weight excluding hydrogens is 296 g/mol. The Bertz CT molecular complexity index is 510. The molecule has 0 aliphatic carbocycles. The van der Waals surface area contributed by atoms with E-state index in [1.54, 1.807) is 11.3 Å². The Morgan fingerprint density at radius 3 is 2.77 bits per heavy atom. The maximum atomic E-state index is 12.7. The van der Waals surface area contributed by atoms with Crippen LogP contribution in [-0.2, 0) is 11.3 Å². The van der Waals surface area contributed by atoms with Crippen LogP contribution < -0.4 is 5.73 Å². The van der Waals surface area contributed by atoms with E-state index in [1.807, 2.05) is 11.8 Å². The highest BCUT2D eigenvalue weighted by Gasteiger charge is 2.34. The number of thiazole rings is 1. The second-order valence-corrected chi connectivity index (χ2v) is 7.53. The Balaban J connectivity index is 1.50. The summed E-state index contributed by atoms with van der Waals surface area (Å²) in [4.78, 5) is 21.7. The smallest absolute Gasteiger partial charge is 0.226 e. The number of piperidine rings is 1. The van der Waals surface area contributed by atoms with Gasteiger partial charge in [-0.15, -0.1) is 11.3 Å². The first-order valence-electron chi connectivity index (χ1n) is 8.31. The minimum absolute atomic E-state index is 0.195. The van der Waals surface area contributed by atoms with Gasteiger partial charge in [-0.1, -0.05) is 0 Å². The van der Waals surface area contributed by atoms with Crippen LogP contribution in [-0.4, -0.2) is 52.9 Å². The molecule has 3 heterocycles. The van der Waals surface area contributed by atoms with Crippen LogP contribution in [0.2, 0.25) is 0 Å². The van der Waals surface area contributed by atoms with Gasteiger partial charge in [0.15, 0.2) is 0 Å². The Kier molecular flexibility index (Phi) is 5.10. The van der Waals surface area contributed by atoms with Crippen LogP contribution in [0.1, 0.15) is 36.4 Å². The fourth-order valence-corrected chi connectivity index (χ4v) is 4.26. The lowest BCUT2D eigenvalue weighted by molar-refractivity contribution is -0.137. The Morgan fingerprint density at radius 1 is 1.36 bits per heavy atom. The van der Waals surface area contributed by atoms with Crippen molar-refractivity contribution in [1.82, 2.24) is 14.8 Å². The summed E-state index contributed by atoms with van der Waals surface area (Å²) in [5.41, 5.74) is 6.96. The van der Waals surface area contributed by atoms with E-state index in [0.717, 1.165) is 62.6 Å². The van der Waals surface area contributed by atoms with Crippen LogP contribution in [0.25, 0.3) is 0 Å².